The number of carbonyl (C=O) groups excluding carboxylic acids is 1. The summed E-state index contributed by atoms with van der Waals surface area (Å²) < 4.78 is 10.6. The highest BCUT2D eigenvalue weighted by atomic mass is 16.5. The third-order valence-corrected chi connectivity index (χ3v) is 3.06. The number of hydrogen-bond acceptors (Lipinski definition) is 3. The molecule has 0 aliphatic rings. The first-order valence-electron chi connectivity index (χ1n) is 6.54. The first kappa shape index (κ1) is 14.1. The van der Waals surface area contributed by atoms with E-state index >= 15 is 0 Å². The summed E-state index contributed by atoms with van der Waals surface area (Å²) >= 11 is 0. The van der Waals surface area contributed by atoms with Crippen LogP contribution in [-0.4, -0.2) is 13.1 Å². The van der Waals surface area contributed by atoms with Crippen LogP contribution in [0.3, 0.4) is 0 Å². The second-order valence-corrected chi connectivity index (χ2v) is 4.56. The molecule has 2 rings (SSSR count). The van der Waals surface area contributed by atoms with Crippen molar-refractivity contribution in [3.8, 4) is 5.75 Å². The van der Waals surface area contributed by atoms with Crippen LogP contribution < -0.4 is 4.74 Å². The van der Waals surface area contributed by atoms with Gasteiger partial charge in [0, 0.05) is 13.3 Å². The molecule has 0 N–H and O–H groups in total. The molecule has 1 atom stereocenters. The van der Waals surface area contributed by atoms with Crippen molar-refractivity contribution in [3.05, 3.63) is 65.7 Å². The quantitative estimate of drug-likeness (QED) is 0.779. The monoisotopic (exact) mass is 270 g/mol. The number of benzene rings is 2. The summed E-state index contributed by atoms with van der Waals surface area (Å²) in [6.45, 7) is 1.43. The largest absolute Gasteiger partial charge is 0.497 e. The van der Waals surface area contributed by atoms with Crippen molar-refractivity contribution in [2.75, 3.05) is 7.11 Å². The number of esters is 1. The fourth-order valence-electron chi connectivity index (χ4n) is 2.07. The molecule has 0 heterocycles. The van der Waals surface area contributed by atoms with E-state index in [9.17, 15) is 4.79 Å². The van der Waals surface area contributed by atoms with Gasteiger partial charge in [-0.1, -0.05) is 42.5 Å². The molecule has 2 aromatic rings. The summed E-state index contributed by atoms with van der Waals surface area (Å²) in [6.07, 6.45) is 0.384. The Kier molecular flexibility index (Phi) is 4.77. The van der Waals surface area contributed by atoms with Crippen LogP contribution in [0.5, 0.6) is 5.75 Å². The van der Waals surface area contributed by atoms with Gasteiger partial charge in [0.15, 0.2) is 0 Å². The zero-order valence-electron chi connectivity index (χ0n) is 11.7. The van der Waals surface area contributed by atoms with Crippen LogP contribution in [0.25, 0.3) is 0 Å². The Bertz CT molecular complexity index is 546. The summed E-state index contributed by atoms with van der Waals surface area (Å²) in [7, 11) is 1.64. The van der Waals surface area contributed by atoms with Gasteiger partial charge in [0.05, 0.1) is 7.11 Å². The van der Waals surface area contributed by atoms with Crippen molar-refractivity contribution in [1.82, 2.24) is 0 Å². The molecule has 3 nitrogen and oxygen atoms in total. The third kappa shape index (κ3) is 3.85. The summed E-state index contributed by atoms with van der Waals surface area (Å²) in [4.78, 5) is 11.3. The predicted molar refractivity (Wildman–Crippen MR) is 77.6 cm³/mol. The Morgan fingerprint density at radius 3 is 2.25 bits per heavy atom. The summed E-state index contributed by atoms with van der Waals surface area (Å²) in [5.41, 5.74) is 2.10. The lowest BCUT2D eigenvalue weighted by molar-refractivity contribution is -0.146. The molecule has 104 valence electrons. The van der Waals surface area contributed by atoms with E-state index in [0.717, 1.165) is 16.9 Å². The maximum atomic E-state index is 11.3. The van der Waals surface area contributed by atoms with Crippen molar-refractivity contribution < 1.29 is 14.3 Å². The molecular weight excluding hydrogens is 252 g/mol. The van der Waals surface area contributed by atoms with Gasteiger partial charge in [0.25, 0.3) is 0 Å². The minimum atomic E-state index is -0.271. The van der Waals surface area contributed by atoms with Gasteiger partial charge in [-0.3, -0.25) is 4.79 Å². The van der Waals surface area contributed by atoms with Crippen molar-refractivity contribution in [2.24, 2.45) is 0 Å². The molecule has 3 heteroatoms. The van der Waals surface area contributed by atoms with Crippen molar-refractivity contribution in [2.45, 2.75) is 19.4 Å². The molecule has 0 bridgehead atoms. The van der Waals surface area contributed by atoms with E-state index in [1.807, 2.05) is 54.6 Å². The van der Waals surface area contributed by atoms with Crippen molar-refractivity contribution >= 4 is 5.97 Å². The molecule has 0 aliphatic carbocycles. The van der Waals surface area contributed by atoms with Gasteiger partial charge in [-0.05, 0) is 23.3 Å². The number of hydrogen-bond donors (Lipinski definition) is 0. The van der Waals surface area contributed by atoms with Crippen LogP contribution in [0, 0.1) is 0 Å². The number of ether oxygens (including phenoxy) is 2. The lowest BCUT2D eigenvalue weighted by Gasteiger charge is -2.17. The topological polar surface area (TPSA) is 35.5 Å². The van der Waals surface area contributed by atoms with Crippen LogP contribution in [-0.2, 0) is 16.0 Å². The molecule has 0 saturated carbocycles. The van der Waals surface area contributed by atoms with E-state index in [1.54, 1.807) is 7.11 Å². The van der Waals surface area contributed by atoms with Gasteiger partial charge in [-0.15, -0.1) is 0 Å². The minimum absolute atomic E-state index is 0.262. The maximum Gasteiger partial charge on any atom is 0.303 e. The average Bonchev–Trinajstić information content (AvgIpc) is 2.48. The number of carbonyl (C=O) groups is 1. The molecular formula is C17H18O3. The SMILES string of the molecule is COc1ccc(C[C@@H](OC(C)=O)c2ccccc2)cc1. The van der Waals surface area contributed by atoms with E-state index in [1.165, 1.54) is 6.92 Å². The van der Waals surface area contributed by atoms with Crippen LogP contribution in [0.2, 0.25) is 0 Å². The Morgan fingerprint density at radius 2 is 1.70 bits per heavy atom. The molecule has 0 aliphatic heterocycles. The average molecular weight is 270 g/mol. The fourth-order valence-corrected chi connectivity index (χ4v) is 2.07. The first-order valence-corrected chi connectivity index (χ1v) is 6.54. The standard InChI is InChI=1S/C17H18O3/c1-13(18)20-17(15-6-4-3-5-7-15)12-14-8-10-16(19-2)11-9-14/h3-11,17H,12H2,1-2H3/t17-/m1/s1. The fraction of sp³-hybridized carbons (Fsp3) is 0.235. The van der Waals surface area contributed by atoms with Gasteiger partial charge in [-0.2, -0.15) is 0 Å². The summed E-state index contributed by atoms with van der Waals surface area (Å²) in [6, 6.07) is 17.6. The van der Waals surface area contributed by atoms with Gasteiger partial charge in [0.2, 0.25) is 0 Å². The van der Waals surface area contributed by atoms with Crippen LogP contribution in [0.1, 0.15) is 24.2 Å². The lowest BCUT2D eigenvalue weighted by Crippen LogP contribution is -2.11. The van der Waals surface area contributed by atoms with Gasteiger partial charge in [-0.25, -0.2) is 0 Å². The predicted octanol–water partition coefficient (Wildman–Crippen LogP) is 3.54. The summed E-state index contributed by atoms with van der Waals surface area (Å²) in [5.74, 6) is 0.546. The zero-order chi connectivity index (χ0) is 14.4. The highest BCUT2D eigenvalue weighted by Gasteiger charge is 2.15. The molecule has 0 saturated heterocycles. The van der Waals surface area contributed by atoms with E-state index in [2.05, 4.69) is 0 Å². The highest BCUT2D eigenvalue weighted by Crippen LogP contribution is 2.23. The molecule has 0 fully saturated rings. The van der Waals surface area contributed by atoms with E-state index in [0.29, 0.717) is 6.42 Å². The Labute approximate surface area is 119 Å². The first-order chi connectivity index (χ1) is 9.69. The smallest absolute Gasteiger partial charge is 0.303 e. The summed E-state index contributed by atoms with van der Waals surface area (Å²) in [5, 5.41) is 0. The maximum absolute atomic E-state index is 11.3. The lowest BCUT2D eigenvalue weighted by atomic mass is 10.0. The molecule has 2 aromatic carbocycles. The third-order valence-electron chi connectivity index (χ3n) is 3.06. The van der Waals surface area contributed by atoms with E-state index in [4.69, 9.17) is 9.47 Å². The van der Waals surface area contributed by atoms with Gasteiger partial charge < -0.3 is 9.47 Å². The van der Waals surface area contributed by atoms with Crippen molar-refractivity contribution in [3.63, 3.8) is 0 Å². The second-order valence-electron chi connectivity index (χ2n) is 4.56. The molecule has 20 heavy (non-hydrogen) atoms. The van der Waals surface area contributed by atoms with Crippen molar-refractivity contribution in [1.29, 1.82) is 0 Å². The second kappa shape index (κ2) is 6.75. The van der Waals surface area contributed by atoms with Gasteiger partial charge >= 0.3 is 5.97 Å². The Morgan fingerprint density at radius 1 is 1.05 bits per heavy atom. The zero-order valence-corrected chi connectivity index (χ0v) is 11.7. The van der Waals surface area contributed by atoms with E-state index in [-0.39, 0.29) is 12.1 Å². The Hall–Kier alpha value is -2.29. The van der Waals surface area contributed by atoms with Gasteiger partial charge in [0.1, 0.15) is 11.9 Å². The normalized spacial score (nSPS) is 11.7. The molecule has 0 aromatic heterocycles. The molecule has 0 amide bonds. The van der Waals surface area contributed by atoms with Crippen LogP contribution in [0.15, 0.2) is 54.6 Å². The van der Waals surface area contributed by atoms with E-state index < -0.39 is 0 Å². The molecule has 0 radical (unpaired) electrons. The molecule has 0 spiro atoms. The minimum Gasteiger partial charge on any atom is -0.497 e. The highest BCUT2D eigenvalue weighted by molar-refractivity contribution is 5.66. The number of rotatable bonds is 5. The van der Waals surface area contributed by atoms with Crippen LogP contribution in [0.4, 0.5) is 0 Å². The Balaban J connectivity index is 2.16. The van der Waals surface area contributed by atoms with Crippen LogP contribution >= 0.6 is 0 Å². The molecule has 0 unspecified atom stereocenters. The number of methoxy groups -OCH3 is 1.